The highest BCUT2D eigenvalue weighted by Gasteiger charge is 1.96. The van der Waals surface area contributed by atoms with Crippen LogP contribution in [0.5, 0.6) is 0 Å². The molecule has 0 aliphatic heterocycles. The predicted molar refractivity (Wildman–Crippen MR) is 46.7 cm³/mol. The van der Waals surface area contributed by atoms with Gasteiger partial charge in [0.2, 0.25) is 5.95 Å². The summed E-state index contributed by atoms with van der Waals surface area (Å²) in [5.74, 6) is 0.798. The van der Waals surface area contributed by atoms with Crippen LogP contribution in [0.15, 0.2) is 24.0 Å². The molecule has 1 aromatic rings. The van der Waals surface area contributed by atoms with Crippen LogP contribution in [-0.2, 0) is 7.05 Å². The zero-order valence-corrected chi connectivity index (χ0v) is 7.10. The topological polar surface area (TPSA) is 29.9 Å². The minimum absolute atomic E-state index is 0.548. The lowest BCUT2D eigenvalue weighted by atomic mass is 10.6. The van der Waals surface area contributed by atoms with E-state index in [2.05, 4.69) is 16.9 Å². The molecule has 1 N–H and O–H groups in total. The average molecular weight is 172 g/mol. The van der Waals surface area contributed by atoms with E-state index >= 15 is 0 Å². The van der Waals surface area contributed by atoms with E-state index in [1.165, 1.54) is 0 Å². The van der Waals surface area contributed by atoms with Crippen molar-refractivity contribution < 1.29 is 0 Å². The van der Waals surface area contributed by atoms with Gasteiger partial charge in [-0.1, -0.05) is 18.2 Å². The SMILES string of the molecule is C=C(Cl)CNc1nccn1C. The molecule has 1 aromatic heterocycles. The monoisotopic (exact) mass is 171 g/mol. The third-order valence-corrected chi connectivity index (χ3v) is 1.39. The Morgan fingerprint density at radius 3 is 3.09 bits per heavy atom. The summed E-state index contributed by atoms with van der Waals surface area (Å²) in [6, 6.07) is 0. The Hall–Kier alpha value is -0.960. The number of aryl methyl sites for hydroxylation is 1. The molecule has 0 bridgehead atoms. The molecule has 4 heteroatoms. The fourth-order valence-electron chi connectivity index (χ4n) is 0.711. The van der Waals surface area contributed by atoms with Crippen LogP contribution in [0, 0.1) is 0 Å². The van der Waals surface area contributed by atoms with Crippen LogP contribution in [0.2, 0.25) is 0 Å². The quantitative estimate of drug-likeness (QED) is 0.749. The minimum atomic E-state index is 0.548. The van der Waals surface area contributed by atoms with Crippen LogP contribution >= 0.6 is 11.6 Å². The van der Waals surface area contributed by atoms with E-state index in [4.69, 9.17) is 11.6 Å². The molecule has 60 valence electrons. The molecule has 1 heterocycles. The second-order valence-corrected chi connectivity index (χ2v) is 2.77. The van der Waals surface area contributed by atoms with Crippen molar-refractivity contribution >= 4 is 17.5 Å². The minimum Gasteiger partial charge on any atom is -0.351 e. The maximum Gasteiger partial charge on any atom is 0.202 e. The van der Waals surface area contributed by atoms with E-state index in [0.717, 1.165) is 5.95 Å². The van der Waals surface area contributed by atoms with Crippen molar-refractivity contribution in [1.29, 1.82) is 0 Å². The first-order valence-electron chi connectivity index (χ1n) is 3.24. The molecule has 0 saturated heterocycles. The van der Waals surface area contributed by atoms with E-state index in [1.807, 2.05) is 17.8 Å². The van der Waals surface area contributed by atoms with E-state index in [1.54, 1.807) is 6.20 Å². The average Bonchev–Trinajstić information content (AvgIpc) is 2.31. The summed E-state index contributed by atoms with van der Waals surface area (Å²) in [5.41, 5.74) is 0. The number of hydrogen-bond acceptors (Lipinski definition) is 2. The smallest absolute Gasteiger partial charge is 0.202 e. The standard InChI is InChI=1S/C7H10ClN3/c1-6(8)5-10-7-9-3-4-11(7)2/h3-4H,1,5H2,2H3,(H,9,10). The summed E-state index contributed by atoms with van der Waals surface area (Å²) in [7, 11) is 1.91. The van der Waals surface area contributed by atoms with Crippen molar-refractivity contribution in [2.45, 2.75) is 0 Å². The Morgan fingerprint density at radius 2 is 2.64 bits per heavy atom. The highest BCUT2D eigenvalue weighted by Crippen LogP contribution is 2.03. The highest BCUT2D eigenvalue weighted by atomic mass is 35.5. The molecule has 0 unspecified atom stereocenters. The van der Waals surface area contributed by atoms with E-state index in [9.17, 15) is 0 Å². The molecule has 0 aromatic carbocycles. The number of anilines is 1. The summed E-state index contributed by atoms with van der Waals surface area (Å²) in [4.78, 5) is 4.04. The molecule has 11 heavy (non-hydrogen) atoms. The lowest BCUT2D eigenvalue weighted by Gasteiger charge is -2.02. The number of imidazole rings is 1. The maximum absolute atomic E-state index is 5.55. The highest BCUT2D eigenvalue weighted by molar-refractivity contribution is 6.29. The van der Waals surface area contributed by atoms with Crippen molar-refractivity contribution in [3.05, 3.63) is 24.0 Å². The van der Waals surface area contributed by atoms with Crippen molar-refractivity contribution in [2.75, 3.05) is 11.9 Å². The van der Waals surface area contributed by atoms with Crippen molar-refractivity contribution in [3.8, 4) is 0 Å². The Morgan fingerprint density at radius 1 is 1.91 bits per heavy atom. The van der Waals surface area contributed by atoms with Gasteiger partial charge in [-0.3, -0.25) is 0 Å². The van der Waals surface area contributed by atoms with E-state index in [0.29, 0.717) is 11.6 Å². The summed E-state index contributed by atoms with van der Waals surface area (Å²) in [6.07, 6.45) is 3.58. The van der Waals surface area contributed by atoms with Gasteiger partial charge in [-0.25, -0.2) is 4.98 Å². The molecule has 1 rings (SSSR count). The van der Waals surface area contributed by atoms with Crippen LogP contribution in [0.25, 0.3) is 0 Å². The number of rotatable bonds is 3. The van der Waals surface area contributed by atoms with Crippen LogP contribution in [-0.4, -0.2) is 16.1 Å². The van der Waals surface area contributed by atoms with Crippen molar-refractivity contribution in [2.24, 2.45) is 7.05 Å². The Kier molecular flexibility index (Phi) is 2.54. The Labute approximate surface area is 70.7 Å². The second-order valence-electron chi connectivity index (χ2n) is 2.23. The summed E-state index contributed by atoms with van der Waals surface area (Å²) < 4.78 is 1.87. The van der Waals surface area contributed by atoms with Crippen LogP contribution in [0.3, 0.4) is 0 Å². The number of aromatic nitrogens is 2. The van der Waals surface area contributed by atoms with Gasteiger partial charge in [0.1, 0.15) is 0 Å². The molecule has 0 fully saturated rings. The summed E-state index contributed by atoms with van der Waals surface area (Å²) in [5, 5.41) is 3.59. The first-order valence-corrected chi connectivity index (χ1v) is 3.62. The lowest BCUT2D eigenvalue weighted by molar-refractivity contribution is 0.912. The van der Waals surface area contributed by atoms with E-state index < -0.39 is 0 Å². The summed E-state index contributed by atoms with van der Waals surface area (Å²) in [6.45, 7) is 4.10. The molecule has 0 radical (unpaired) electrons. The fourth-order valence-corrected chi connectivity index (χ4v) is 0.778. The van der Waals surface area contributed by atoms with Gasteiger partial charge < -0.3 is 9.88 Å². The predicted octanol–water partition coefficient (Wildman–Crippen LogP) is 1.58. The first-order chi connectivity index (χ1) is 5.20. The number of halogens is 1. The Bertz CT molecular complexity index is 254. The number of nitrogens with one attached hydrogen (secondary N) is 1. The summed E-state index contributed by atoms with van der Waals surface area (Å²) >= 11 is 5.55. The van der Waals surface area contributed by atoms with Crippen LogP contribution in [0.1, 0.15) is 0 Å². The van der Waals surface area contributed by atoms with Crippen LogP contribution < -0.4 is 5.32 Å². The van der Waals surface area contributed by atoms with Gasteiger partial charge in [0.05, 0.1) is 6.54 Å². The largest absolute Gasteiger partial charge is 0.351 e. The second kappa shape index (κ2) is 3.44. The number of hydrogen-bond donors (Lipinski definition) is 1. The molecule has 0 amide bonds. The normalized spacial score (nSPS) is 9.64. The first kappa shape index (κ1) is 8.14. The van der Waals surface area contributed by atoms with Gasteiger partial charge in [0.15, 0.2) is 0 Å². The molecular weight excluding hydrogens is 162 g/mol. The van der Waals surface area contributed by atoms with Crippen LogP contribution in [0.4, 0.5) is 5.95 Å². The zero-order chi connectivity index (χ0) is 8.27. The van der Waals surface area contributed by atoms with Gasteiger partial charge in [-0.2, -0.15) is 0 Å². The molecule has 0 spiro atoms. The van der Waals surface area contributed by atoms with E-state index in [-0.39, 0.29) is 0 Å². The molecule has 3 nitrogen and oxygen atoms in total. The van der Waals surface area contributed by atoms with Crippen molar-refractivity contribution in [3.63, 3.8) is 0 Å². The van der Waals surface area contributed by atoms with Gasteiger partial charge in [-0.05, 0) is 0 Å². The molecule has 0 aliphatic carbocycles. The Balaban J connectivity index is 2.51. The third kappa shape index (κ3) is 2.27. The van der Waals surface area contributed by atoms with Gasteiger partial charge in [-0.15, -0.1) is 0 Å². The molecule has 0 saturated carbocycles. The van der Waals surface area contributed by atoms with Gasteiger partial charge in [0, 0.05) is 24.5 Å². The third-order valence-electron chi connectivity index (χ3n) is 1.26. The molecule has 0 atom stereocenters. The maximum atomic E-state index is 5.55. The fraction of sp³-hybridized carbons (Fsp3) is 0.286. The number of nitrogens with zero attached hydrogens (tertiary/aromatic N) is 2. The van der Waals surface area contributed by atoms with Gasteiger partial charge >= 0.3 is 0 Å². The lowest BCUT2D eigenvalue weighted by Crippen LogP contribution is -2.05. The van der Waals surface area contributed by atoms with Gasteiger partial charge in [0.25, 0.3) is 0 Å². The zero-order valence-electron chi connectivity index (χ0n) is 6.34. The molecule has 0 aliphatic rings. The van der Waals surface area contributed by atoms with Crippen molar-refractivity contribution in [1.82, 2.24) is 9.55 Å². The molecular formula is C7H10ClN3.